The average molecular weight is 384 g/mol. The van der Waals surface area contributed by atoms with Gasteiger partial charge in [0.15, 0.2) is 0 Å². The van der Waals surface area contributed by atoms with E-state index in [9.17, 15) is 5.11 Å². The summed E-state index contributed by atoms with van der Waals surface area (Å²) in [5, 5.41) is 38.7. The summed E-state index contributed by atoms with van der Waals surface area (Å²) in [6.45, 7) is 2.23. The number of hydrogen-bond donors (Lipinski definition) is 2. The van der Waals surface area contributed by atoms with Crippen molar-refractivity contribution in [3.05, 3.63) is 0 Å². The second kappa shape index (κ2) is 22.7. The smallest absolute Gasteiger partial charge is 0.0855 e. The monoisotopic (exact) mass is 384 g/mol. The van der Waals surface area contributed by atoms with E-state index in [2.05, 4.69) is 35.1 Å². The Hall–Kier alpha value is -0.360. The van der Waals surface area contributed by atoms with Crippen molar-refractivity contribution < 1.29 is 45.5 Å². The molecule has 0 aliphatic heterocycles. The predicted molar refractivity (Wildman–Crippen MR) is 91.4 cm³/mol. The van der Waals surface area contributed by atoms with E-state index in [0.29, 0.717) is 6.61 Å². The van der Waals surface area contributed by atoms with Gasteiger partial charge < -0.3 is 5.11 Å². The van der Waals surface area contributed by atoms with Gasteiger partial charge in [-0.2, -0.15) is 0 Å². The maximum Gasteiger partial charge on any atom is 0.0855 e. The highest BCUT2D eigenvalue weighted by Gasteiger charge is 1.97. The molecule has 0 aromatic heterocycles. The van der Waals surface area contributed by atoms with E-state index in [1.807, 2.05) is 6.92 Å². The third-order valence-corrected chi connectivity index (χ3v) is 4.04. The molecular weight excluding hydrogens is 348 g/mol. The first-order valence-electron chi connectivity index (χ1n) is 9.72. The summed E-state index contributed by atoms with van der Waals surface area (Å²) in [7, 11) is 0. The van der Waals surface area contributed by atoms with Crippen LogP contribution < -0.4 is 0 Å². The summed E-state index contributed by atoms with van der Waals surface area (Å²) in [5.41, 5.74) is 0. The van der Waals surface area contributed by atoms with Gasteiger partial charge in [0.05, 0.1) is 12.7 Å². The molecule has 0 fully saturated rings. The fourth-order valence-electron chi connectivity index (χ4n) is 2.65. The summed E-state index contributed by atoms with van der Waals surface area (Å²) in [6.07, 6.45) is 16.8. The zero-order chi connectivity index (χ0) is 19.1. The molecule has 1 unspecified atom stereocenters. The first-order valence-corrected chi connectivity index (χ1v) is 9.72. The molecule has 9 heteroatoms. The lowest BCUT2D eigenvalue weighted by Gasteiger charge is -2.04. The standard InChI is InChI=1S/C17H36O9/c1-17(18)15-13-11-9-7-5-3-2-4-6-8-10-12-14-16-20-22-24-26-25-23-21-19/h17-19H,2-16H2,1H3. The van der Waals surface area contributed by atoms with E-state index in [-0.39, 0.29) is 6.10 Å². The van der Waals surface area contributed by atoms with Crippen LogP contribution in [-0.4, -0.2) is 23.1 Å². The van der Waals surface area contributed by atoms with Crippen molar-refractivity contribution in [3.8, 4) is 0 Å². The molecule has 0 heterocycles. The van der Waals surface area contributed by atoms with Crippen LogP contribution in [0.15, 0.2) is 0 Å². The summed E-state index contributed by atoms with van der Waals surface area (Å²) in [6, 6.07) is 0. The van der Waals surface area contributed by atoms with E-state index in [1.165, 1.54) is 64.2 Å². The summed E-state index contributed by atoms with van der Waals surface area (Å²) in [5.74, 6) is 0. The Kier molecular flexibility index (Phi) is 22.4. The highest BCUT2D eigenvalue weighted by Crippen LogP contribution is 2.13. The van der Waals surface area contributed by atoms with Gasteiger partial charge in [0.25, 0.3) is 0 Å². The first kappa shape index (κ1) is 25.6. The van der Waals surface area contributed by atoms with Crippen LogP contribution in [0.5, 0.6) is 0 Å². The molecule has 0 aromatic carbocycles. The van der Waals surface area contributed by atoms with Crippen LogP contribution in [0.1, 0.15) is 96.8 Å². The average Bonchev–Trinajstić information content (AvgIpc) is 2.62. The molecule has 0 saturated carbocycles. The van der Waals surface area contributed by atoms with Gasteiger partial charge in [-0.1, -0.05) is 77.0 Å². The quantitative estimate of drug-likeness (QED) is 0.153. The minimum absolute atomic E-state index is 0.145. The van der Waals surface area contributed by atoms with Crippen LogP contribution in [0, 0.1) is 0 Å². The lowest BCUT2D eigenvalue weighted by Crippen LogP contribution is -2.01. The van der Waals surface area contributed by atoms with Crippen molar-refractivity contribution >= 4 is 0 Å². The van der Waals surface area contributed by atoms with Crippen LogP contribution >= 0.6 is 0 Å². The van der Waals surface area contributed by atoms with Gasteiger partial charge in [0.2, 0.25) is 0 Å². The minimum Gasteiger partial charge on any atom is -0.393 e. The zero-order valence-electron chi connectivity index (χ0n) is 15.9. The van der Waals surface area contributed by atoms with E-state index >= 15 is 0 Å². The molecule has 158 valence electrons. The Morgan fingerprint density at radius 1 is 0.577 bits per heavy atom. The largest absolute Gasteiger partial charge is 0.393 e. The van der Waals surface area contributed by atoms with Gasteiger partial charge >= 0.3 is 0 Å². The van der Waals surface area contributed by atoms with Crippen LogP contribution in [0.3, 0.4) is 0 Å². The normalized spacial score (nSPS) is 12.6. The van der Waals surface area contributed by atoms with Crippen LogP contribution in [0.25, 0.3) is 0 Å². The fraction of sp³-hybridized carbons (Fsp3) is 1.00. The molecule has 0 rings (SSSR count). The van der Waals surface area contributed by atoms with Gasteiger partial charge in [-0.3, -0.25) is 0 Å². The predicted octanol–water partition coefficient (Wildman–Crippen LogP) is 4.91. The first-order chi connectivity index (χ1) is 12.8. The van der Waals surface area contributed by atoms with Gasteiger partial charge in [0.1, 0.15) is 0 Å². The Bertz CT molecular complexity index is 254. The molecule has 0 radical (unpaired) electrons. The molecule has 0 bridgehead atoms. The Morgan fingerprint density at radius 3 is 1.50 bits per heavy atom. The molecule has 2 N–H and O–H groups in total. The highest BCUT2D eigenvalue weighted by molar-refractivity contribution is 4.51. The third-order valence-electron chi connectivity index (χ3n) is 4.04. The highest BCUT2D eigenvalue weighted by atomic mass is 17.9. The van der Waals surface area contributed by atoms with Crippen molar-refractivity contribution in [2.24, 2.45) is 0 Å². The van der Waals surface area contributed by atoms with Crippen molar-refractivity contribution in [2.45, 2.75) is 103 Å². The van der Waals surface area contributed by atoms with Crippen LogP contribution in [0.4, 0.5) is 0 Å². The molecule has 1 atom stereocenters. The molecule has 0 spiro atoms. The van der Waals surface area contributed by atoms with Crippen LogP contribution in [-0.2, 0) is 35.1 Å². The van der Waals surface area contributed by atoms with Gasteiger partial charge in [0, 0.05) is 0 Å². The van der Waals surface area contributed by atoms with E-state index in [1.54, 1.807) is 0 Å². The molecular formula is C17H36O9. The van der Waals surface area contributed by atoms with E-state index in [4.69, 9.17) is 5.26 Å². The Labute approximate surface area is 155 Å². The van der Waals surface area contributed by atoms with Gasteiger partial charge in [-0.25, -0.2) is 10.1 Å². The SMILES string of the molecule is CC(O)CCCCCCCCCCCCCCCOOOOOOOO. The zero-order valence-corrected chi connectivity index (χ0v) is 15.9. The molecule has 26 heavy (non-hydrogen) atoms. The number of rotatable bonds is 22. The molecule has 0 aromatic rings. The van der Waals surface area contributed by atoms with Gasteiger partial charge in [-0.05, 0) is 50.0 Å². The van der Waals surface area contributed by atoms with Gasteiger partial charge in [-0.15, -0.1) is 0 Å². The Morgan fingerprint density at radius 2 is 1.00 bits per heavy atom. The molecule has 0 amide bonds. The lowest BCUT2D eigenvalue weighted by molar-refractivity contribution is -0.812. The maximum absolute atomic E-state index is 9.17. The molecule has 0 aliphatic carbocycles. The summed E-state index contributed by atoms with van der Waals surface area (Å²) < 4.78 is 0. The number of hydrogen-bond acceptors (Lipinski definition) is 9. The van der Waals surface area contributed by atoms with Crippen molar-refractivity contribution in [1.29, 1.82) is 0 Å². The van der Waals surface area contributed by atoms with E-state index < -0.39 is 0 Å². The maximum atomic E-state index is 9.17. The Balaban J connectivity index is 2.97. The van der Waals surface area contributed by atoms with E-state index in [0.717, 1.165) is 25.7 Å². The second-order valence-electron chi connectivity index (χ2n) is 6.47. The molecule has 0 saturated heterocycles. The summed E-state index contributed by atoms with van der Waals surface area (Å²) in [4.78, 5) is 4.63. The lowest BCUT2D eigenvalue weighted by atomic mass is 10.0. The fourth-order valence-corrected chi connectivity index (χ4v) is 2.65. The van der Waals surface area contributed by atoms with Crippen molar-refractivity contribution in [1.82, 2.24) is 0 Å². The number of unbranched alkanes of at least 4 members (excludes halogenated alkanes) is 12. The van der Waals surface area contributed by atoms with Crippen molar-refractivity contribution in [2.75, 3.05) is 6.61 Å². The minimum atomic E-state index is -0.145. The molecule has 0 aliphatic rings. The van der Waals surface area contributed by atoms with Crippen LogP contribution in [0.2, 0.25) is 0 Å². The topological polar surface area (TPSA) is 105 Å². The summed E-state index contributed by atoms with van der Waals surface area (Å²) >= 11 is 0. The number of aliphatic hydroxyl groups is 1. The molecule has 9 nitrogen and oxygen atoms in total. The second-order valence-corrected chi connectivity index (χ2v) is 6.47. The van der Waals surface area contributed by atoms with Crippen molar-refractivity contribution in [3.63, 3.8) is 0 Å². The number of aliphatic hydroxyl groups excluding tert-OH is 1. The third kappa shape index (κ3) is 23.6.